The average Bonchev–Trinajstić information content (AvgIpc) is 2.18. The maximum absolute atomic E-state index is 11.5. The number of carbonyl (C=O) groups is 2. The summed E-state index contributed by atoms with van der Waals surface area (Å²) in [5.41, 5.74) is 5.39. The molecule has 0 saturated heterocycles. The molecule has 0 saturated carbocycles. The normalized spacial score (nSPS) is 11.5. The van der Waals surface area contributed by atoms with Gasteiger partial charge in [0.1, 0.15) is 5.78 Å². The van der Waals surface area contributed by atoms with Crippen molar-refractivity contribution in [3.63, 3.8) is 0 Å². The molecule has 0 atom stereocenters. The number of Topliss-reactive ketones (excluding diaryl/α,β-unsaturated/α-hetero) is 1. The van der Waals surface area contributed by atoms with Crippen LogP contribution in [0.3, 0.4) is 0 Å². The van der Waals surface area contributed by atoms with Crippen LogP contribution < -0.4 is 5.73 Å². The van der Waals surface area contributed by atoms with Crippen LogP contribution in [0.4, 0.5) is 0 Å². The largest absolute Gasteiger partial charge is 0.370 e. The highest BCUT2D eigenvalue weighted by Gasteiger charge is 2.10. The zero-order valence-electron chi connectivity index (χ0n) is 11.6. The number of unbranched alkanes of at least 4 members (excludes halogenated alkanes) is 2. The molecule has 0 aromatic carbocycles. The van der Waals surface area contributed by atoms with Crippen molar-refractivity contribution in [1.82, 2.24) is 0 Å². The topological polar surface area (TPSA) is 60.2 Å². The maximum atomic E-state index is 11.5. The molecule has 1 amide bonds. The average molecular weight is 241 g/mol. The van der Waals surface area contributed by atoms with Gasteiger partial charge in [0.05, 0.1) is 0 Å². The number of rotatable bonds is 9. The van der Waals surface area contributed by atoms with Gasteiger partial charge in [-0.3, -0.25) is 9.59 Å². The molecule has 3 nitrogen and oxygen atoms in total. The summed E-state index contributed by atoms with van der Waals surface area (Å²) in [6.07, 6.45) is 6.50. The van der Waals surface area contributed by atoms with Crippen molar-refractivity contribution in [2.75, 3.05) is 0 Å². The van der Waals surface area contributed by atoms with E-state index in [2.05, 4.69) is 20.8 Å². The molecule has 3 heteroatoms. The zero-order chi connectivity index (χ0) is 13.3. The molecule has 0 aliphatic carbocycles. The first kappa shape index (κ1) is 16.1. The van der Waals surface area contributed by atoms with Gasteiger partial charge in [-0.25, -0.2) is 0 Å². The van der Waals surface area contributed by atoms with Crippen LogP contribution in [0.1, 0.15) is 72.1 Å². The molecule has 100 valence electrons. The monoisotopic (exact) mass is 241 g/mol. The lowest BCUT2D eigenvalue weighted by atomic mass is 9.89. The molecule has 0 radical (unpaired) electrons. The molecule has 0 heterocycles. The second-order valence-electron chi connectivity index (χ2n) is 5.98. The van der Waals surface area contributed by atoms with Gasteiger partial charge in [0.2, 0.25) is 5.91 Å². The van der Waals surface area contributed by atoms with Crippen LogP contribution in [0.25, 0.3) is 0 Å². The summed E-state index contributed by atoms with van der Waals surface area (Å²) >= 11 is 0. The van der Waals surface area contributed by atoms with E-state index in [-0.39, 0.29) is 5.91 Å². The summed E-state index contributed by atoms with van der Waals surface area (Å²) in [5.74, 6) is 0.0472. The third-order valence-electron chi connectivity index (χ3n) is 2.76. The molecule has 0 aromatic rings. The SMILES string of the molecule is CC(C)(C)CCCCC(=O)CCCCC(N)=O. The van der Waals surface area contributed by atoms with Gasteiger partial charge >= 0.3 is 0 Å². The third-order valence-corrected chi connectivity index (χ3v) is 2.76. The third kappa shape index (κ3) is 13.1. The highest BCUT2D eigenvalue weighted by Crippen LogP contribution is 2.22. The van der Waals surface area contributed by atoms with Crippen LogP contribution >= 0.6 is 0 Å². The Balaban J connectivity index is 3.38. The lowest BCUT2D eigenvalue weighted by molar-refractivity contribution is -0.120. The number of carbonyl (C=O) groups excluding carboxylic acids is 2. The molecule has 0 aliphatic heterocycles. The second kappa shape index (κ2) is 8.26. The van der Waals surface area contributed by atoms with Crippen molar-refractivity contribution in [1.29, 1.82) is 0 Å². The number of hydrogen-bond acceptors (Lipinski definition) is 2. The van der Waals surface area contributed by atoms with Crippen LogP contribution in [-0.2, 0) is 9.59 Å². The molecular formula is C14H27NO2. The van der Waals surface area contributed by atoms with E-state index in [0.717, 1.165) is 25.7 Å². The van der Waals surface area contributed by atoms with Crippen molar-refractivity contribution in [2.24, 2.45) is 11.1 Å². The Morgan fingerprint density at radius 2 is 1.35 bits per heavy atom. The van der Waals surface area contributed by atoms with Gasteiger partial charge in [-0.05, 0) is 31.1 Å². The lowest BCUT2D eigenvalue weighted by Gasteiger charge is -2.17. The highest BCUT2D eigenvalue weighted by atomic mass is 16.1. The van der Waals surface area contributed by atoms with E-state index in [9.17, 15) is 9.59 Å². The molecule has 0 fully saturated rings. The predicted molar refractivity (Wildman–Crippen MR) is 70.6 cm³/mol. The van der Waals surface area contributed by atoms with Crippen molar-refractivity contribution < 1.29 is 9.59 Å². The Bertz CT molecular complexity index is 241. The van der Waals surface area contributed by atoms with Crippen LogP contribution in [0.15, 0.2) is 0 Å². The van der Waals surface area contributed by atoms with Gasteiger partial charge in [0, 0.05) is 19.3 Å². The van der Waals surface area contributed by atoms with Crippen LogP contribution in [0, 0.1) is 5.41 Å². The zero-order valence-corrected chi connectivity index (χ0v) is 11.6. The first-order chi connectivity index (χ1) is 7.81. The molecule has 0 spiro atoms. The Labute approximate surface area is 105 Å². The standard InChI is InChI=1S/C14H27NO2/c1-14(2,3)11-7-6-9-12(16)8-4-5-10-13(15)17/h4-11H2,1-3H3,(H2,15,17). The van der Waals surface area contributed by atoms with E-state index < -0.39 is 0 Å². The fourth-order valence-electron chi connectivity index (χ4n) is 1.72. The Morgan fingerprint density at radius 3 is 1.82 bits per heavy atom. The van der Waals surface area contributed by atoms with E-state index in [0.29, 0.717) is 30.5 Å². The van der Waals surface area contributed by atoms with E-state index in [1.165, 1.54) is 6.42 Å². The summed E-state index contributed by atoms with van der Waals surface area (Å²) in [4.78, 5) is 22.0. The Morgan fingerprint density at radius 1 is 0.882 bits per heavy atom. The second-order valence-corrected chi connectivity index (χ2v) is 5.98. The van der Waals surface area contributed by atoms with Crippen molar-refractivity contribution in [2.45, 2.75) is 72.1 Å². The number of nitrogens with two attached hydrogens (primary N) is 1. The van der Waals surface area contributed by atoms with E-state index in [1.807, 2.05) is 0 Å². The summed E-state index contributed by atoms with van der Waals surface area (Å²) < 4.78 is 0. The minimum Gasteiger partial charge on any atom is -0.370 e. The predicted octanol–water partition coefficient (Wildman–Crippen LogP) is 3.21. The minimum absolute atomic E-state index is 0.275. The van der Waals surface area contributed by atoms with Gasteiger partial charge in [-0.2, -0.15) is 0 Å². The number of hydrogen-bond donors (Lipinski definition) is 1. The summed E-state index contributed by atoms with van der Waals surface area (Å²) in [7, 11) is 0. The molecule has 0 aliphatic rings. The molecule has 17 heavy (non-hydrogen) atoms. The van der Waals surface area contributed by atoms with E-state index >= 15 is 0 Å². The lowest BCUT2D eigenvalue weighted by Crippen LogP contribution is -2.10. The van der Waals surface area contributed by atoms with E-state index in [1.54, 1.807) is 0 Å². The number of amides is 1. The molecule has 0 bridgehead atoms. The van der Waals surface area contributed by atoms with Gasteiger partial charge in [0.25, 0.3) is 0 Å². The maximum Gasteiger partial charge on any atom is 0.217 e. The Hall–Kier alpha value is -0.860. The fraction of sp³-hybridized carbons (Fsp3) is 0.857. The fourth-order valence-corrected chi connectivity index (χ4v) is 1.72. The smallest absolute Gasteiger partial charge is 0.217 e. The summed E-state index contributed by atoms with van der Waals surface area (Å²) in [6, 6.07) is 0. The Kier molecular flexibility index (Phi) is 7.85. The minimum atomic E-state index is -0.275. The molecule has 0 aromatic heterocycles. The molecular weight excluding hydrogens is 214 g/mol. The molecule has 2 N–H and O–H groups in total. The van der Waals surface area contributed by atoms with Crippen molar-refractivity contribution >= 4 is 11.7 Å². The highest BCUT2D eigenvalue weighted by molar-refractivity contribution is 5.78. The first-order valence-corrected chi connectivity index (χ1v) is 6.61. The van der Waals surface area contributed by atoms with E-state index in [4.69, 9.17) is 5.73 Å². The van der Waals surface area contributed by atoms with Crippen LogP contribution in [0.2, 0.25) is 0 Å². The van der Waals surface area contributed by atoms with Gasteiger partial charge in [-0.1, -0.05) is 27.2 Å². The quantitative estimate of drug-likeness (QED) is 0.630. The van der Waals surface area contributed by atoms with Gasteiger partial charge in [0.15, 0.2) is 0 Å². The summed E-state index contributed by atoms with van der Waals surface area (Å²) in [6.45, 7) is 6.66. The van der Waals surface area contributed by atoms with Crippen molar-refractivity contribution in [3.8, 4) is 0 Å². The molecule has 0 rings (SSSR count). The van der Waals surface area contributed by atoms with Crippen LogP contribution in [0.5, 0.6) is 0 Å². The van der Waals surface area contributed by atoms with Gasteiger partial charge in [-0.15, -0.1) is 0 Å². The summed E-state index contributed by atoms with van der Waals surface area (Å²) in [5, 5.41) is 0. The van der Waals surface area contributed by atoms with Crippen LogP contribution in [-0.4, -0.2) is 11.7 Å². The van der Waals surface area contributed by atoms with Crippen molar-refractivity contribution in [3.05, 3.63) is 0 Å². The van der Waals surface area contributed by atoms with Gasteiger partial charge < -0.3 is 5.73 Å². The number of ketones is 1. The number of primary amides is 1. The molecule has 0 unspecified atom stereocenters. The first-order valence-electron chi connectivity index (χ1n) is 6.61.